The number of anilines is 2. The van der Waals surface area contributed by atoms with E-state index < -0.39 is 17.8 Å². The number of aliphatic hydroxyl groups is 1. The summed E-state index contributed by atoms with van der Waals surface area (Å²) >= 11 is 0. The fourth-order valence-corrected chi connectivity index (χ4v) is 3.11. The molecule has 0 radical (unpaired) electrons. The van der Waals surface area contributed by atoms with Crippen molar-refractivity contribution in [2.24, 2.45) is 0 Å². The van der Waals surface area contributed by atoms with Crippen LogP contribution in [-0.4, -0.2) is 28.0 Å². The molecular formula is C20H22FN3O3. The summed E-state index contributed by atoms with van der Waals surface area (Å²) in [4.78, 5) is 27.3. The van der Waals surface area contributed by atoms with Gasteiger partial charge in [-0.3, -0.25) is 9.59 Å². The van der Waals surface area contributed by atoms with Crippen molar-refractivity contribution >= 4 is 34.8 Å². The topological polar surface area (TPSA) is 94.2 Å². The number of aromatic amines is 1. The van der Waals surface area contributed by atoms with E-state index in [0.717, 1.165) is 28.9 Å². The summed E-state index contributed by atoms with van der Waals surface area (Å²) in [6, 6.07) is 2.57. The lowest BCUT2D eigenvalue weighted by molar-refractivity contribution is -0.123. The molecule has 1 aliphatic rings. The largest absolute Gasteiger partial charge is 0.384 e. The molecule has 2 aromatic rings. The van der Waals surface area contributed by atoms with E-state index in [1.54, 1.807) is 6.08 Å². The van der Waals surface area contributed by atoms with E-state index >= 15 is 0 Å². The normalized spacial score (nSPS) is 15.6. The summed E-state index contributed by atoms with van der Waals surface area (Å²) in [6.45, 7) is 7.33. The Balaban J connectivity index is 2.02. The van der Waals surface area contributed by atoms with Gasteiger partial charge in [0.15, 0.2) is 0 Å². The van der Waals surface area contributed by atoms with E-state index in [1.807, 2.05) is 20.8 Å². The van der Waals surface area contributed by atoms with Gasteiger partial charge in [0, 0.05) is 17.0 Å². The van der Waals surface area contributed by atoms with Crippen molar-refractivity contribution < 1.29 is 19.1 Å². The molecule has 6 nitrogen and oxygen atoms in total. The van der Waals surface area contributed by atoms with Crippen LogP contribution >= 0.6 is 0 Å². The third-order valence-electron chi connectivity index (χ3n) is 4.87. The van der Waals surface area contributed by atoms with E-state index in [9.17, 15) is 19.1 Å². The maximum Gasteiger partial charge on any atom is 0.256 e. The number of hydrogen-bond donors (Lipinski definition) is 4. The van der Waals surface area contributed by atoms with Crippen molar-refractivity contribution in [3.05, 3.63) is 46.0 Å². The third-order valence-corrected chi connectivity index (χ3v) is 4.87. The van der Waals surface area contributed by atoms with Gasteiger partial charge < -0.3 is 20.7 Å². The molecule has 1 aliphatic heterocycles. The molecule has 1 aromatic heterocycles. The lowest BCUT2D eigenvalue weighted by atomic mass is 10.0. The standard InChI is InChI=1S/C20H22FN3O3/c1-5-15-9(2)10(3)16(22-15)7-13-12-6-14(21)18(24-19(26)11(4)25)8-17(12)23-20(13)27/h6-8,11,22,25H,5H2,1-4H3,(H,23,27)(H,24,26)/b13-7-. The third kappa shape index (κ3) is 3.38. The first-order valence-electron chi connectivity index (χ1n) is 8.76. The first-order chi connectivity index (χ1) is 12.7. The minimum Gasteiger partial charge on any atom is -0.384 e. The van der Waals surface area contributed by atoms with Gasteiger partial charge in [0.1, 0.15) is 11.9 Å². The number of carbonyl (C=O) groups excluding carboxylic acids is 2. The predicted octanol–water partition coefficient (Wildman–Crippen LogP) is 3.15. The first-order valence-corrected chi connectivity index (χ1v) is 8.76. The molecule has 27 heavy (non-hydrogen) atoms. The maximum absolute atomic E-state index is 14.4. The average Bonchev–Trinajstić information content (AvgIpc) is 3.06. The van der Waals surface area contributed by atoms with Gasteiger partial charge in [0.25, 0.3) is 11.8 Å². The Morgan fingerprint density at radius 3 is 2.63 bits per heavy atom. The monoisotopic (exact) mass is 371 g/mol. The number of benzene rings is 1. The van der Waals surface area contributed by atoms with Crippen molar-refractivity contribution in [2.45, 2.75) is 40.2 Å². The predicted molar refractivity (Wildman–Crippen MR) is 103 cm³/mol. The van der Waals surface area contributed by atoms with Crippen molar-refractivity contribution in [1.29, 1.82) is 0 Å². The van der Waals surface area contributed by atoms with Gasteiger partial charge in [0.2, 0.25) is 0 Å². The summed E-state index contributed by atoms with van der Waals surface area (Å²) in [6.07, 6.45) is 1.30. The lowest BCUT2D eigenvalue weighted by Gasteiger charge is -2.10. The van der Waals surface area contributed by atoms with Crippen LogP contribution in [0.2, 0.25) is 0 Å². The van der Waals surface area contributed by atoms with Crippen LogP contribution in [0.25, 0.3) is 11.6 Å². The molecule has 2 heterocycles. The Morgan fingerprint density at radius 1 is 1.33 bits per heavy atom. The van der Waals surface area contributed by atoms with Gasteiger partial charge >= 0.3 is 0 Å². The summed E-state index contributed by atoms with van der Waals surface area (Å²) in [5.41, 5.74) is 5.19. The van der Waals surface area contributed by atoms with Gasteiger partial charge in [-0.1, -0.05) is 6.92 Å². The zero-order valence-electron chi connectivity index (χ0n) is 15.7. The number of aliphatic hydroxyl groups excluding tert-OH is 1. The van der Waals surface area contributed by atoms with Crippen molar-refractivity contribution in [3.8, 4) is 0 Å². The second kappa shape index (κ2) is 7.00. The minimum atomic E-state index is -1.27. The molecule has 2 amide bonds. The van der Waals surface area contributed by atoms with Crippen LogP contribution in [0.15, 0.2) is 12.1 Å². The average molecular weight is 371 g/mol. The maximum atomic E-state index is 14.4. The molecule has 142 valence electrons. The van der Waals surface area contributed by atoms with Crippen molar-refractivity contribution in [2.75, 3.05) is 10.6 Å². The van der Waals surface area contributed by atoms with E-state index in [4.69, 9.17) is 0 Å². The van der Waals surface area contributed by atoms with Crippen LogP contribution in [-0.2, 0) is 16.0 Å². The number of halogens is 1. The molecule has 0 saturated carbocycles. The number of aromatic nitrogens is 1. The molecule has 1 aromatic carbocycles. The van der Waals surface area contributed by atoms with Crippen molar-refractivity contribution in [3.63, 3.8) is 0 Å². The Morgan fingerprint density at radius 2 is 2.04 bits per heavy atom. The summed E-state index contributed by atoms with van der Waals surface area (Å²) in [5, 5.41) is 14.3. The highest BCUT2D eigenvalue weighted by atomic mass is 19.1. The van der Waals surface area contributed by atoms with Crippen LogP contribution in [0, 0.1) is 19.7 Å². The van der Waals surface area contributed by atoms with Gasteiger partial charge in [-0.15, -0.1) is 0 Å². The van der Waals surface area contributed by atoms with E-state index in [2.05, 4.69) is 15.6 Å². The highest BCUT2D eigenvalue weighted by Gasteiger charge is 2.27. The highest BCUT2D eigenvalue weighted by molar-refractivity contribution is 6.35. The Kier molecular flexibility index (Phi) is 4.89. The molecule has 1 unspecified atom stereocenters. The molecular weight excluding hydrogens is 349 g/mol. The summed E-state index contributed by atoms with van der Waals surface area (Å²) in [7, 11) is 0. The van der Waals surface area contributed by atoms with E-state index in [-0.39, 0.29) is 11.6 Å². The number of H-pyrrole nitrogens is 1. The fourth-order valence-electron chi connectivity index (χ4n) is 3.11. The van der Waals surface area contributed by atoms with Gasteiger partial charge in [-0.2, -0.15) is 0 Å². The molecule has 0 bridgehead atoms. The quantitative estimate of drug-likeness (QED) is 0.622. The Labute approximate surface area is 156 Å². The number of nitrogens with one attached hydrogen (secondary N) is 3. The van der Waals surface area contributed by atoms with E-state index in [0.29, 0.717) is 16.8 Å². The fraction of sp³-hybridized carbons (Fsp3) is 0.300. The summed E-state index contributed by atoms with van der Waals surface area (Å²) in [5.74, 6) is -1.74. The van der Waals surface area contributed by atoms with Crippen LogP contribution < -0.4 is 10.6 Å². The molecule has 7 heteroatoms. The number of carbonyl (C=O) groups is 2. The number of amides is 2. The molecule has 0 aliphatic carbocycles. The van der Waals surface area contributed by atoms with Gasteiger partial charge in [-0.05, 0) is 56.5 Å². The zero-order valence-corrected chi connectivity index (χ0v) is 15.7. The van der Waals surface area contributed by atoms with Gasteiger partial charge in [-0.25, -0.2) is 4.39 Å². The summed E-state index contributed by atoms with van der Waals surface area (Å²) < 4.78 is 14.4. The number of aryl methyl sites for hydroxylation is 1. The molecule has 1 atom stereocenters. The second-order valence-electron chi connectivity index (χ2n) is 6.68. The smallest absolute Gasteiger partial charge is 0.256 e. The van der Waals surface area contributed by atoms with Gasteiger partial charge in [0.05, 0.1) is 16.9 Å². The first kappa shape index (κ1) is 18.8. The molecule has 4 N–H and O–H groups in total. The Hall–Kier alpha value is -2.93. The van der Waals surface area contributed by atoms with Crippen LogP contribution in [0.5, 0.6) is 0 Å². The number of rotatable bonds is 4. The molecule has 0 fully saturated rings. The molecule has 3 rings (SSSR count). The van der Waals surface area contributed by atoms with Crippen LogP contribution in [0.3, 0.4) is 0 Å². The molecule has 0 spiro atoms. The van der Waals surface area contributed by atoms with E-state index in [1.165, 1.54) is 19.1 Å². The van der Waals surface area contributed by atoms with Crippen LogP contribution in [0.1, 0.15) is 41.9 Å². The minimum absolute atomic E-state index is 0.0960. The number of fused-ring (bicyclic) bond motifs is 1. The Bertz CT molecular complexity index is 973. The van der Waals surface area contributed by atoms with Crippen molar-refractivity contribution in [1.82, 2.24) is 4.98 Å². The zero-order chi connectivity index (χ0) is 19.9. The highest BCUT2D eigenvalue weighted by Crippen LogP contribution is 2.37. The number of hydrogen-bond acceptors (Lipinski definition) is 3. The lowest BCUT2D eigenvalue weighted by Crippen LogP contribution is -2.25. The molecule has 0 saturated heterocycles. The van der Waals surface area contributed by atoms with Crippen LogP contribution in [0.4, 0.5) is 15.8 Å². The SMILES string of the molecule is CCc1[nH]c(/C=C2\C(=O)Nc3cc(NC(=O)C(C)O)c(F)cc32)c(C)c1C. The second-order valence-corrected chi connectivity index (χ2v) is 6.68.